The number of nitrogens with zero attached hydrogens (tertiary/aromatic N) is 1. The Morgan fingerprint density at radius 1 is 0.600 bits per heavy atom. The molecule has 0 aromatic heterocycles. The second-order valence-electron chi connectivity index (χ2n) is 11.3. The van der Waals surface area contributed by atoms with Crippen molar-refractivity contribution in [1.29, 1.82) is 0 Å². The molecule has 200 valence electrons. The third kappa shape index (κ3) is 4.84. The quantitative estimate of drug-likeness (QED) is 0.212. The van der Waals surface area contributed by atoms with Crippen LogP contribution < -0.4 is 4.90 Å². The average molecular weight is 526 g/mol. The van der Waals surface area contributed by atoms with Gasteiger partial charge in [0.05, 0.1) is 0 Å². The summed E-state index contributed by atoms with van der Waals surface area (Å²) < 4.78 is 0. The summed E-state index contributed by atoms with van der Waals surface area (Å²) in [5.74, 6) is 0.697. The number of phenols is 2. The Labute approximate surface area is 237 Å². The molecular weight excluding hydrogens is 490 g/mol. The molecule has 2 N–H and O–H groups in total. The van der Waals surface area contributed by atoms with Gasteiger partial charge in [0.15, 0.2) is 0 Å². The van der Waals surface area contributed by atoms with Crippen LogP contribution in [0.4, 0.5) is 11.4 Å². The molecule has 40 heavy (non-hydrogen) atoms. The van der Waals surface area contributed by atoms with Gasteiger partial charge in [-0.15, -0.1) is 0 Å². The minimum atomic E-state index is -0.0485. The van der Waals surface area contributed by atoms with Gasteiger partial charge >= 0.3 is 0 Å². The SMILES string of the molecule is CC1(C)c2ccccc2-c2ccc(N(CCCC(c3ccc(O)cc3)c3ccc(O)cc3)c3ccccc3)cc21. The fraction of sp³-hybridized carbons (Fsp3) is 0.189. The second kappa shape index (κ2) is 10.6. The van der Waals surface area contributed by atoms with Crippen molar-refractivity contribution in [3.8, 4) is 22.6 Å². The third-order valence-corrected chi connectivity index (χ3v) is 8.41. The van der Waals surface area contributed by atoms with Crippen LogP contribution in [0.15, 0.2) is 121 Å². The maximum absolute atomic E-state index is 9.87. The number of hydrogen-bond acceptors (Lipinski definition) is 3. The van der Waals surface area contributed by atoms with Crippen LogP contribution in [0.3, 0.4) is 0 Å². The fourth-order valence-corrected chi connectivity index (χ4v) is 6.27. The zero-order chi connectivity index (χ0) is 27.7. The lowest BCUT2D eigenvalue weighted by atomic mass is 9.82. The van der Waals surface area contributed by atoms with E-state index in [1.165, 1.54) is 33.6 Å². The first-order chi connectivity index (χ1) is 19.4. The molecule has 0 heterocycles. The summed E-state index contributed by atoms with van der Waals surface area (Å²) in [4.78, 5) is 2.43. The Kier molecular flexibility index (Phi) is 6.81. The highest BCUT2D eigenvalue weighted by atomic mass is 16.3. The highest BCUT2D eigenvalue weighted by Crippen LogP contribution is 2.49. The number of benzene rings is 5. The normalized spacial score (nSPS) is 13.2. The summed E-state index contributed by atoms with van der Waals surface area (Å²) in [5, 5.41) is 19.7. The molecule has 5 aromatic carbocycles. The first-order valence-corrected chi connectivity index (χ1v) is 14.1. The minimum absolute atomic E-state index is 0.0485. The summed E-state index contributed by atoms with van der Waals surface area (Å²) in [6, 6.07) is 41.4. The maximum atomic E-state index is 9.87. The van der Waals surface area contributed by atoms with E-state index in [1.807, 2.05) is 24.3 Å². The highest BCUT2D eigenvalue weighted by molar-refractivity contribution is 5.83. The fourth-order valence-electron chi connectivity index (χ4n) is 6.27. The van der Waals surface area contributed by atoms with Crippen molar-refractivity contribution in [3.63, 3.8) is 0 Å². The average Bonchev–Trinajstić information content (AvgIpc) is 3.21. The Hall–Kier alpha value is -4.50. The minimum Gasteiger partial charge on any atom is -0.508 e. The monoisotopic (exact) mass is 525 g/mol. The zero-order valence-electron chi connectivity index (χ0n) is 23.1. The van der Waals surface area contributed by atoms with E-state index >= 15 is 0 Å². The summed E-state index contributed by atoms with van der Waals surface area (Å²) in [6.07, 6.45) is 1.89. The molecule has 0 unspecified atom stereocenters. The van der Waals surface area contributed by atoms with Crippen LogP contribution in [0, 0.1) is 0 Å². The Balaban J connectivity index is 1.30. The topological polar surface area (TPSA) is 43.7 Å². The summed E-state index contributed by atoms with van der Waals surface area (Å²) >= 11 is 0. The molecule has 0 radical (unpaired) electrons. The number of aromatic hydroxyl groups is 2. The van der Waals surface area contributed by atoms with E-state index < -0.39 is 0 Å². The molecule has 1 aliphatic rings. The summed E-state index contributed by atoms with van der Waals surface area (Å²) in [7, 11) is 0. The van der Waals surface area contributed by atoms with Crippen LogP contribution in [-0.2, 0) is 5.41 Å². The van der Waals surface area contributed by atoms with Gasteiger partial charge in [-0.3, -0.25) is 0 Å². The van der Waals surface area contributed by atoms with E-state index in [-0.39, 0.29) is 22.8 Å². The van der Waals surface area contributed by atoms with Gasteiger partial charge < -0.3 is 15.1 Å². The van der Waals surface area contributed by atoms with Gasteiger partial charge in [-0.1, -0.05) is 86.6 Å². The largest absolute Gasteiger partial charge is 0.508 e. The van der Waals surface area contributed by atoms with E-state index in [1.54, 1.807) is 24.3 Å². The molecule has 0 spiro atoms. The van der Waals surface area contributed by atoms with Gasteiger partial charge in [0.1, 0.15) is 11.5 Å². The number of anilines is 2. The van der Waals surface area contributed by atoms with Crippen LogP contribution in [-0.4, -0.2) is 16.8 Å². The lowest BCUT2D eigenvalue weighted by Crippen LogP contribution is -2.21. The number of fused-ring (bicyclic) bond motifs is 3. The molecule has 5 aromatic rings. The van der Waals surface area contributed by atoms with Crippen molar-refractivity contribution in [2.45, 2.75) is 38.0 Å². The molecule has 0 amide bonds. The van der Waals surface area contributed by atoms with Crippen molar-refractivity contribution in [2.75, 3.05) is 11.4 Å². The molecule has 6 rings (SSSR count). The van der Waals surface area contributed by atoms with E-state index in [9.17, 15) is 10.2 Å². The van der Waals surface area contributed by atoms with Gasteiger partial charge in [0, 0.05) is 29.3 Å². The van der Waals surface area contributed by atoms with Crippen LogP contribution in [0.2, 0.25) is 0 Å². The smallest absolute Gasteiger partial charge is 0.115 e. The van der Waals surface area contributed by atoms with Crippen LogP contribution >= 0.6 is 0 Å². The molecule has 3 nitrogen and oxygen atoms in total. The standard InChI is InChI=1S/C37H35NO2/c1-37(2)35-13-7-6-11-33(35)34-23-18-29(25-36(34)37)38(28-9-4-3-5-10-28)24-8-12-32(26-14-19-30(39)20-15-26)27-16-21-31(40)22-17-27/h3-7,9-11,13-23,25,32,39-40H,8,12,24H2,1-2H3. The van der Waals surface area contributed by atoms with Crippen molar-refractivity contribution >= 4 is 11.4 Å². The Morgan fingerprint density at radius 3 is 1.82 bits per heavy atom. The summed E-state index contributed by atoms with van der Waals surface area (Å²) in [6.45, 7) is 5.52. The molecule has 1 aliphatic carbocycles. The molecule has 0 bridgehead atoms. The molecule has 0 atom stereocenters. The van der Waals surface area contributed by atoms with Crippen LogP contribution in [0.25, 0.3) is 11.1 Å². The second-order valence-corrected chi connectivity index (χ2v) is 11.3. The highest BCUT2D eigenvalue weighted by Gasteiger charge is 2.35. The van der Waals surface area contributed by atoms with E-state index in [0.29, 0.717) is 0 Å². The number of hydrogen-bond donors (Lipinski definition) is 2. The van der Waals surface area contributed by atoms with E-state index in [2.05, 4.69) is 91.5 Å². The van der Waals surface area contributed by atoms with Crippen molar-refractivity contribution in [2.24, 2.45) is 0 Å². The van der Waals surface area contributed by atoms with Gasteiger partial charge in [-0.2, -0.15) is 0 Å². The Morgan fingerprint density at radius 2 is 1.18 bits per heavy atom. The van der Waals surface area contributed by atoms with Crippen LogP contribution in [0.1, 0.15) is 54.9 Å². The van der Waals surface area contributed by atoms with E-state index in [0.717, 1.165) is 30.5 Å². The van der Waals surface area contributed by atoms with Gasteiger partial charge in [0.25, 0.3) is 0 Å². The maximum Gasteiger partial charge on any atom is 0.115 e. The number of phenolic OH excluding ortho intramolecular Hbond substituents is 2. The molecule has 0 saturated heterocycles. The third-order valence-electron chi connectivity index (χ3n) is 8.41. The zero-order valence-corrected chi connectivity index (χ0v) is 23.1. The lowest BCUT2D eigenvalue weighted by Gasteiger charge is -2.29. The molecule has 0 fully saturated rings. The van der Waals surface area contributed by atoms with Crippen LogP contribution in [0.5, 0.6) is 11.5 Å². The van der Waals surface area contributed by atoms with Gasteiger partial charge in [-0.05, 0) is 94.8 Å². The molecule has 0 saturated carbocycles. The first-order valence-electron chi connectivity index (χ1n) is 14.1. The van der Waals surface area contributed by atoms with E-state index in [4.69, 9.17) is 0 Å². The van der Waals surface area contributed by atoms with Gasteiger partial charge in [-0.25, -0.2) is 0 Å². The molecular formula is C37H35NO2. The number of para-hydroxylation sites is 1. The first kappa shape index (κ1) is 25.8. The predicted molar refractivity (Wildman–Crippen MR) is 165 cm³/mol. The Bertz CT molecular complexity index is 1560. The molecule has 0 aliphatic heterocycles. The summed E-state index contributed by atoms with van der Waals surface area (Å²) in [5.41, 5.74) is 10.1. The van der Waals surface area contributed by atoms with Gasteiger partial charge in [0.2, 0.25) is 0 Å². The van der Waals surface area contributed by atoms with Crippen molar-refractivity contribution in [1.82, 2.24) is 0 Å². The lowest BCUT2D eigenvalue weighted by molar-refractivity contribution is 0.475. The number of rotatable bonds is 8. The van der Waals surface area contributed by atoms with Crippen molar-refractivity contribution < 1.29 is 10.2 Å². The predicted octanol–water partition coefficient (Wildman–Crippen LogP) is 9.15. The van der Waals surface area contributed by atoms with Crippen molar-refractivity contribution in [3.05, 3.63) is 144 Å². The molecule has 3 heteroatoms.